The van der Waals surface area contributed by atoms with E-state index in [9.17, 15) is 18.0 Å². The van der Waals surface area contributed by atoms with E-state index in [2.05, 4.69) is 25.6 Å². The molecule has 1 fully saturated rings. The quantitative estimate of drug-likeness (QED) is 0.474. The Morgan fingerprint density at radius 3 is 2.53 bits per heavy atom. The van der Waals surface area contributed by atoms with Gasteiger partial charge in [-0.1, -0.05) is 12.1 Å². The number of alkyl halides is 3. The van der Waals surface area contributed by atoms with Crippen LogP contribution in [-0.2, 0) is 6.18 Å². The highest BCUT2D eigenvalue weighted by Gasteiger charge is 2.30. The number of nitrogens with zero attached hydrogens (tertiary/aromatic N) is 4. The van der Waals surface area contributed by atoms with E-state index >= 15 is 0 Å². The summed E-state index contributed by atoms with van der Waals surface area (Å²) in [4.78, 5) is 19.5. The van der Waals surface area contributed by atoms with Gasteiger partial charge < -0.3 is 15.5 Å². The van der Waals surface area contributed by atoms with Crippen LogP contribution in [0, 0.1) is 0 Å². The lowest BCUT2D eigenvalue weighted by atomic mass is 10.1. The van der Waals surface area contributed by atoms with Gasteiger partial charge in [-0.2, -0.15) is 18.3 Å². The summed E-state index contributed by atoms with van der Waals surface area (Å²) in [6, 6.07) is 14.0. The number of rotatable bonds is 4. The second-order valence-corrected chi connectivity index (χ2v) is 7.96. The molecule has 1 saturated heterocycles. The fourth-order valence-corrected chi connectivity index (χ4v) is 3.94. The predicted octanol–water partition coefficient (Wildman–Crippen LogP) is 4.08. The minimum Gasteiger partial charge on any atom is -0.369 e. The van der Waals surface area contributed by atoms with Gasteiger partial charge in [0.05, 0.1) is 11.8 Å². The summed E-state index contributed by atoms with van der Waals surface area (Å²) in [6.45, 7) is 3.72. The molecule has 2 aromatic heterocycles. The number of anilines is 2. The molecule has 2 aromatic carbocycles. The van der Waals surface area contributed by atoms with Crippen LogP contribution in [0.1, 0.15) is 16.1 Å². The van der Waals surface area contributed by atoms with E-state index in [0.717, 1.165) is 44.0 Å². The summed E-state index contributed by atoms with van der Waals surface area (Å²) in [7, 11) is 0. The van der Waals surface area contributed by atoms with Crippen molar-refractivity contribution in [3.05, 3.63) is 78.2 Å². The topological polar surface area (TPSA) is 74.6 Å². The Labute approximate surface area is 193 Å². The SMILES string of the molecule is O=C(Nc1ccc(N2CCNCC2)cc1)c1ccn2ncc(-c3cccc(C(F)(F)F)c3)c2n1. The average molecular weight is 466 g/mol. The van der Waals surface area contributed by atoms with Crippen LogP contribution in [0.4, 0.5) is 24.5 Å². The standard InChI is InChI=1S/C24H21F3N6O/c25-24(26,27)17-3-1-2-16(14-17)20-15-29-33-11-8-21(31-22(20)33)23(34)30-18-4-6-19(7-5-18)32-12-9-28-10-13-32/h1-8,11,14-15,28H,9-10,12-13H2,(H,30,34). The summed E-state index contributed by atoms with van der Waals surface area (Å²) >= 11 is 0. The van der Waals surface area contributed by atoms with Gasteiger partial charge in [-0.15, -0.1) is 0 Å². The van der Waals surface area contributed by atoms with Crippen molar-refractivity contribution in [2.24, 2.45) is 0 Å². The van der Waals surface area contributed by atoms with Crippen LogP contribution in [0.2, 0.25) is 0 Å². The normalized spacial score (nSPS) is 14.4. The fourth-order valence-electron chi connectivity index (χ4n) is 3.94. The van der Waals surface area contributed by atoms with Gasteiger partial charge in [0.2, 0.25) is 0 Å². The zero-order chi connectivity index (χ0) is 23.7. The molecule has 1 aliphatic heterocycles. The van der Waals surface area contributed by atoms with Crippen molar-refractivity contribution >= 4 is 22.9 Å². The Bertz CT molecular complexity index is 1330. The number of halogens is 3. The van der Waals surface area contributed by atoms with Gasteiger partial charge in [-0.05, 0) is 48.0 Å². The Morgan fingerprint density at radius 1 is 1.03 bits per heavy atom. The minimum atomic E-state index is -4.46. The van der Waals surface area contributed by atoms with Crippen molar-refractivity contribution in [3.8, 4) is 11.1 Å². The monoisotopic (exact) mass is 466 g/mol. The third-order valence-electron chi connectivity index (χ3n) is 5.71. The summed E-state index contributed by atoms with van der Waals surface area (Å²) < 4.78 is 40.8. The van der Waals surface area contributed by atoms with Crippen molar-refractivity contribution in [1.29, 1.82) is 0 Å². The van der Waals surface area contributed by atoms with Gasteiger partial charge in [0.15, 0.2) is 5.65 Å². The maximum absolute atomic E-state index is 13.1. The Morgan fingerprint density at radius 2 is 1.79 bits per heavy atom. The number of carbonyl (C=O) groups excluding carboxylic acids is 1. The van der Waals surface area contributed by atoms with Crippen LogP contribution in [0.5, 0.6) is 0 Å². The number of benzene rings is 2. The molecule has 4 aromatic rings. The van der Waals surface area contributed by atoms with E-state index in [-0.39, 0.29) is 5.69 Å². The number of nitrogens with one attached hydrogen (secondary N) is 2. The summed E-state index contributed by atoms with van der Waals surface area (Å²) in [5, 5.41) is 10.3. The molecule has 7 nitrogen and oxygen atoms in total. The molecule has 2 N–H and O–H groups in total. The molecule has 5 rings (SSSR count). The molecule has 0 aliphatic carbocycles. The number of hydrogen-bond donors (Lipinski definition) is 2. The molecule has 34 heavy (non-hydrogen) atoms. The van der Waals surface area contributed by atoms with Crippen LogP contribution in [0.15, 0.2) is 67.0 Å². The highest BCUT2D eigenvalue weighted by atomic mass is 19.4. The van der Waals surface area contributed by atoms with E-state index in [0.29, 0.717) is 22.5 Å². The van der Waals surface area contributed by atoms with Crippen LogP contribution >= 0.6 is 0 Å². The lowest BCUT2D eigenvalue weighted by molar-refractivity contribution is -0.137. The maximum atomic E-state index is 13.1. The average Bonchev–Trinajstić information content (AvgIpc) is 3.28. The number of fused-ring (bicyclic) bond motifs is 1. The van der Waals surface area contributed by atoms with Crippen LogP contribution in [-0.4, -0.2) is 46.7 Å². The third kappa shape index (κ3) is 4.44. The van der Waals surface area contributed by atoms with Crippen LogP contribution in [0.3, 0.4) is 0 Å². The second-order valence-electron chi connectivity index (χ2n) is 7.96. The third-order valence-corrected chi connectivity index (χ3v) is 5.71. The van der Waals surface area contributed by atoms with Gasteiger partial charge in [-0.25, -0.2) is 9.50 Å². The largest absolute Gasteiger partial charge is 0.416 e. The molecule has 0 atom stereocenters. The lowest BCUT2D eigenvalue weighted by Gasteiger charge is -2.29. The van der Waals surface area contributed by atoms with Gasteiger partial charge in [0.1, 0.15) is 5.69 Å². The van der Waals surface area contributed by atoms with Crippen LogP contribution in [0.25, 0.3) is 16.8 Å². The van der Waals surface area contributed by atoms with E-state index in [1.807, 2.05) is 24.3 Å². The zero-order valence-corrected chi connectivity index (χ0v) is 18.0. The summed E-state index contributed by atoms with van der Waals surface area (Å²) in [5.41, 5.74) is 2.09. The molecule has 0 unspecified atom stereocenters. The van der Waals surface area contributed by atoms with Gasteiger partial charge >= 0.3 is 6.18 Å². The molecule has 0 saturated carbocycles. The molecule has 10 heteroatoms. The van der Waals surface area contributed by atoms with Crippen molar-refractivity contribution < 1.29 is 18.0 Å². The first kappa shape index (κ1) is 21.9. The van der Waals surface area contributed by atoms with Crippen molar-refractivity contribution in [2.45, 2.75) is 6.18 Å². The number of aromatic nitrogens is 3. The molecule has 0 radical (unpaired) electrons. The summed E-state index contributed by atoms with van der Waals surface area (Å²) in [5.74, 6) is -0.423. The Balaban J connectivity index is 1.38. The van der Waals surface area contributed by atoms with Crippen molar-refractivity contribution in [2.75, 3.05) is 36.4 Å². The predicted molar refractivity (Wildman–Crippen MR) is 123 cm³/mol. The van der Waals surface area contributed by atoms with Gasteiger partial charge in [0.25, 0.3) is 5.91 Å². The smallest absolute Gasteiger partial charge is 0.369 e. The first-order valence-electron chi connectivity index (χ1n) is 10.8. The van der Waals surface area contributed by atoms with Crippen molar-refractivity contribution in [1.82, 2.24) is 19.9 Å². The maximum Gasteiger partial charge on any atom is 0.416 e. The highest BCUT2D eigenvalue weighted by molar-refractivity contribution is 6.03. The van der Waals surface area contributed by atoms with E-state index in [1.165, 1.54) is 22.8 Å². The van der Waals surface area contributed by atoms with E-state index in [1.54, 1.807) is 12.3 Å². The molecule has 0 bridgehead atoms. The molecule has 1 aliphatic rings. The molecular formula is C24H21F3N6O. The highest BCUT2D eigenvalue weighted by Crippen LogP contribution is 2.33. The van der Waals surface area contributed by atoms with E-state index < -0.39 is 17.6 Å². The Hall–Kier alpha value is -3.92. The number of piperazine rings is 1. The first-order chi connectivity index (χ1) is 16.4. The van der Waals surface area contributed by atoms with Crippen molar-refractivity contribution in [3.63, 3.8) is 0 Å². The zero-order valence-electron chi connectivity index (χ0n) is 18.0. The molecule has 0 spiro atoms. The minimum absolute atomic E-state index is 0.132. The number of amides is 1. The molecule has 1 amide bonds. The summed E-state index contributed by atoms with van der Waals surface area (Å²) in [6.07, 6.45) is -1.46. The molecule has 174 valence electrons. The first-order valence-corrected chi connectivity index (χ1v) is 10.8. The molecule has 3 heterocycles. The number of hydrogen-bond acceptors (Lipinski definition) is 5. The fraction of sp³-hybridized carbons (Fsp3) is 0.208. The Kier molecular flexibility index (Phi) is 5.66. The van der Waals surface area contributed by atoms with Gasteiger partial charge in [-0.3, -0.25) is 4.79 Å². The number of carbonyl (C=O) groups is 1. The van der Waals surface area contributed by atoms with Gasteiger partial charge in [0, 0.05) is 49.3 Å². The molecular weight excluding hydrogens is 445 g/mol. The van der Waals surface area contributed by atoms with E-state index in [4.69, 9.17) is 0 Å². The second kappa shape index (κ2) is 8.79. The lowest BCUT2D eigenvalue weighted by Crippen LogP contribution is -2.43. The van der Waals surface area contributed by atoms with Crippen LogP contribution < -0.4 is 15.5 Å².